The molecule has 3 N–H and O–H groups in total. The molecule has 0 aliphatic rings. The summed E-state index contributed by atoms with van der Waals surface area (Å²) in [6, 6.07) is 3.53. The highest BCUT2D eigenvalue weighted by atomic mass is 35.5. The van der Waals surface area contributed by atoms with Crippen LogP contribution in [-0.4, -0.2) is 15.5 Å². The molecule has 5 heteroatoms. The van der Waals surface area contributed by atoms with Gasteiger partial charge in [0.1, 0.15) is 5.82 Å². The predicted octanol–water partition coefficient (Wildman–Crippen LogP) is 3.15. The van der Waals surface area contributed by atoms with Gasteiger partial charge in [-0.3, -0.25) is 0 Å². The molecule has 16 heavy (non-hydrogen) atoms. The van der Waals surface area contributed by atoms with E-state index in [0.717, 1.165) is 16.9 Å². The van der Waals surface area contributed by atoms with Crippen LogP contribution < -0.4 is 5.73 Å². The Morgan fingerprint density at radius 2 is 1.94 bits per heavy atom. The summed E-state index contributed by atoms with van der Waals surface area (Å²) in [6.07, 6.45) is 0.677. The number of halogens is 2. The number of H-pyrrole nitrogens is 1. The van der Waals surface area contributed by atoms with Crippen molar-refractivity contribution in [1.29, 1.82) is 0 Å². The zero-order valence-corrected chi connectivity index (χ0v) is 10.7. The highest BCUT2D eigenvalue weighted by molar-refractivity contribution is 6.42. The zero-order valence-electron chi connectivity index (χ0n) is 9.14. The third kappa shape index (κ3) is 2.48. The maximum atomic E-state index is 5.94. The van der Waals surface area contributed by atoms with E-state index in [1.165, 1.54) is 0 Å². The molecule has 0 radical (unpaired) electrons. The first-order valence-corrected chi connectivity index (χ1v) is 5.73. The molecule has 2 rings (SSSR count). The third-order valence-electron chi connectivity index (χ3n) is 2.20. The van der Waals surface area contributed by atoms with E-state index in [9.17, 15) is 0 Å². The van der Waals surface area contributed by atoms with Gasteiger partial charge in [-0.25, -0.2) is 4.98 Å². The van der Waals surface area contributed by atoms with E-state index < -0.39 is 0 Å². The predicted molar refractivity (Wildman–Crippen MR) is 68.1 cm³/mol. The van der Waals surface area contributed by atoms with E-state index >= 15 is 0 Å². The number of aromatic amines is 1. The van der Waals surface area contributed by atoms with Gasteiger partial charge in [0.25, 0.3) is 0 Å². The first kappa shape index (κ1) is 11.7. The lowest BCUT2D eigenvalue weighted by molar-refractivity contribution is 0.505. The molecular formula is C11H13Cl2N3. The van der Waals surface area contributed by atoms with Crippen LogP contribution in [0.25, 0.3) is 11.0 Å². The molecule has 0 aliphatic heterocycles. The Labute approximate surface area is 104 Å². The van der Waals surface area contributed by atoms with Crippen LogP contribution in [0.5, 0.6) is 0 Å². The summed E-state index contributed by atoms with van der Waals surface area (Å²) in [5, 5.41) is 1.04. The molecule has 1 aromatic heterocycles. The van der Waals surface area contributed by atoms with Crippen molar-refractivity contribution in [1.82, 2.24) is 9.97 Å². The molecule has 0 saturated carbocycles. The van der Waals surface area contributed by atoms with E-state index in [4.69, 9.17) is 28.9 Å². The minimum absolute atomic E-state index is 0.290. The average molecular weight is 258 g/mol. The standard InChI is InChI=1S/C11H13Cl2N3/c1-11(2,14)5-10-15-8-3-6(12)7(13)4-9(8)16-10/h3-4H,5,14H2,1-2H3,(H,15,16). The number of hydrogen-bond donors (Lipinski definition) is 2. The van der Waals surface area contributed by atoms with Crippen molar-refractivity contribution in [3.63, 3.8) is 0 Å². The van der Waals surface area contributed by atoms with E-state index in [1.54, 1.807) is 12.1 Å². The number of hydrogen-bond acceptors (Lipinski definition) is 2. The van der Waals surface area contributed by atoms with E-state index in [1.807, 2.05) is 13.8 Å². The summed E-state index contributed by atoms with van der Waals surface area (Å²) in [7, 11) is 0. The normalized spacial score (nSPS) is 12.3. The van der Waals surface area contributed by atoms with Gasteiger partial charge in [-0.05, 0) is 26.0 Å². The fourth-order valence-electron chi connectivity index (χ4n) is 1.57. The SMILES string of the molecule is CC(C)(N)Cc1nc2cc(Cl)c(Cl)cc2[nH]1. The number of nitrogens with two attached hydrogens (primary N) is 1. The molecule has 0 unspecified atom stereocenters. The van der Waals surface area contributed by atoms with E-state index in [2.05, 4.69) is 9.97 Å². The van der Waals surface area contributed by atoms with Gasteiger partial charge >= 0.3 is 0 Å². The van der Waals surface area contributed by atoms with Crippen LogP contribution >= 0.6 is 23.2 Å². The smallest absolute Gasteiger partial charge is 0.109 e. The van der Waals surface area contributed by atoms with Crippen molar-refractivity contribution in [3.8, 4) is 0 Å². The van der Waals surface area contributed by atoms with Gasteiger partial charge in [0.2, 0.25) is 0 Å². The van der Waals surface area contributed by atoms with Crippen LogP contribution in [0.3, 0.4) is 0 Å². The van der Waals surface area contributed by atoms with Crippen LogP contribution in [0, 0.1) is 0 Å². The minimum atomic E-state index is -0.290. The number of imidazole rings is 1. The zero-order chi connectivity index (χ0) is 11.9. The Kier molecular flexibility index (Phi) is 2.86. The average Bonchev–Trinajstić information content (AvgIpc) is 2.44. The first-order chi connectivity index (χ1) is 7.35. The second-order valence-corrected chi connectivity index (χ2v) is 5.45. The molecule has 0 bridgehead atoms. The third-order valence-corrected chi connectivity index (χ3v) is 2.92. The Balaban J connectivity index is 2.44. The lowest BCUT2D eigenvalue weighted by atomic mass is 10.0. The quantitative estimate of drug-likeness (QED) is 0.869. The summed E-state index contributed by atoms with van der Waals surface area (Å²) in [6.45, 7) is 3.92. The Bertz CT molecular complexity index is 487. The lowest BCUT2D eigenvalue weighted by Gasteiger charge is -2.15. The van der Waals surface area contributed by atoms with Gasteiger partial charge in [-0.1, -0.05) is 23.2 Å². The van der Waals surface area contributed by atoms with Crippen molar-refractivity contribution >= 4 is 34.2 Å². The molecule has 0 spiro atoms. The van der Waals surface area contributed by atoms with Crippen molar-refractivity contribution in [2.75, 3.05) is 0 Å². The van der Waals surface area contributed by atoms with Crippen molar-refractivity contribution in [2.45, 2.75) is 25.8 Å². The molecule has 0 saturated heterocycles. The van der Waals surface area contributed by atoms with Crippen LogP contribution in [0.4, 0.5) is 0 Å². The summed E-state index contributed by atoms with van der Waals surface area (Å²) in [5.41, 5.74) is 7.34. The fraction of sp³-hybridized carbons (Fsp3) is 0.364. The number of fused-ring (bicyclic) bond motifs is 1. The van der Waals surface area contributed by atoms with Crippen molar-refractivity contribution in [3.05, 3.63) is 28.0 Å². The minimum Gasteiger partial charge on any atom is -0.342 e. The molecule has 1 heterocycles. The van der Waals surface area contributed by atoms with E-state index in [-0.39, 0.29) is 5.54 Å². The van der Waals surface area contributed by atoms with Crippen molar-refractivity contribution < 1.29 is 0 Å². The monoisotopic (exact) mass is 257 g/mol. The van der Waals surface area contributed by atoms with Gasteiger partial charge in [-0.2, -0.15) is 0 Å². The highest BCUT2D eigenvalue weighted by Crippen LogP contribution is 2.26. The van der Waals surface area contributed by atoms with Crippen LogP contribution in [0.2, 0.25) is 10.0 Å². The highest BCUT2D eigenvalue weighted by Gasteiger charge is 2.15. The van der Waals surface area contributed by atoms with Crippen LogP contribution in [0.15, 0.2) is 12.1 Å². The van der Waals surface area contributed by atoms with Gasteiger partial charge < -0.3 is 10.7 Å². The second kappa shape index (κ2) is 3.91. The second-order valence-electron chi connectivity index (χ2n) is 4.63. The molecule has 0 atom stereocenters. The molecule has 0 aliphatic carbocycles. The number of aromatic nitrogens is 2. The van der Waals surface area contributed by atoms with Crippen LogP contribution in [0.1, 0.15) is 19.7 Å². The number of nitrogens with one attached hydrogen (secondary N) is 1. The lowest BCUT2D eigenvalue weighted by Crippen LogP contribution is -2.34. The number of rotatable bonds is 2. The Hall–Kier alpha value is -0.770. The largest absolute Gasteiger partial charge is 0.342 e. The summed E-state index contributed by atoms with van der Waals surface area (Å²) < 4.78 is 0. The Morgan fingerprint density at radius 1 is 1.31 bits per heavy atom. The topological polar surface area (TPSA) is 54.7 Å². The molecule has 0 amide bonds. The maximum Gasteiger partial charge on any atom is 0.109 e. The van der Waals surface area contributed by atoms with Gasteiger partial charge in [-0.15, -0.1) is 0 Å². The summed E-state index contributed by atoms with van der Waals surface area (Å²) in [4.78, 5) is 7.61. The van der Waals surface area contributed by atoms with Crippen molar-refractivity contribution in [2.24, 2.45) is 5.73 Å². The maximum absolute atomic E-state index is 5.94. The van der Waals surface area contributed by atoms with E-state index in [0.29, 0.717) is 16.5 Å². The molecular weight excluding hydrogens is 245 g/mol. The summed E-state index contributed by atoms with van der Waals surface area (Å²) >= 11 is 11.8. The Morgan fingerprint density at radius 3 is 2.56 bits per heavy atom. The number of benzene rings is 1. The molecule has 86 valence electrons. The number of nitrogens with zero attached hydrogens (tertiary/aromatic N) is 1. The molecule has 3 nitrogen and oxygen atoms in total. The first-order valence-electron chi connectivity index (χ1n) is 4.98. The molecule has 0 fully saturated rings. The van der Waals surface area contributed by atoms with Gasteiger partial charge in [0.05, 0.1) is 21.1 Å². The van der Waals surface area contributed by atoms with Crippen LogP contribution in [-0.2, 0) is 6.42 Å². The molecule has 2 aromatic rings. The molecule has 1 aromatic carbocycles. The van der Waals surface area contributed by atoms with Gasteiger partial charge in [0.15, 0.2) is 0 Å². The summed E-state index contributed by atoms with van der Waals surface area (Å²) in [5.74, 6) is 0.848. The fourth-order valence-corrected chi connectivity index (χ4v) is 1.89. The van der Waals surface area contributed by atoms with Gasteiger partial charge in [0, 0.05) is 12.0 Å².